The second-order valence-corrected chi connectivity index (χ2v) is 5.74. The number of benzene rings is 1. The fourth-order valence-electron chi connectivity index (χ4n) is 3.06. The van der Waals surface area contributed by atoms with Gasteiger partial charge in [0.15, 0.2) is 0 Å². The zero-order valence-electron chi connectivity index (χ0n) is 12.7. The molecule has 0 bridgehead atoms. The molecule has 0 spiro atoms. The number of nitrogens with one attached hydrogen (secondary N) is 2. The summed E-state index contributed by atoms with van der Waals surface area (Å²) in [5, 5.41) is 3.71. The zero-order chi connectivity index (χ0) is 14.7. The van der Waals surface area contributed by atoms with E-state index in [4.69, 9.17) is 4.74 Å². The monoisotopic (exact) mass is 285 g/mol. The Hall–Kier alpha value is -1.81. The molecular formula is C17H23N3O. The molecule has 0 aliphatic heterocycles. The first-order chi connectivity index (χ1) is 10.3. The van der Waals surface area contributed by atoms with Crippen molar-refractivity contribution in [2.75, 3.05) is 7.11 Å². The number of rotatable bonds is 6. The van der Waals surface area contributed by atoms with Gasteiger partial charge in [0.05, 0.1) is 13.2 Å². The molecule has 3 rings (SSSR count). The molecule has 0 amide bonds. The van der Waals surface area contributed by atoms with E-state index in [-0.39, 0.29) is 0 Å². The van der Waals surface area contributed by atoms with Crippen LogP contribution >= 0.6 is 0 Å². The van der Waals surface area contributed by atoms with Crippen LogP contribution in [-0.2, 0) is 0 Å². The predicted molar refractivity (Wildman–Crippen MR) is 83.5 cm³/mol. The van der Waals surface area contributed by atoms with Crippen LogP contribution in [0.4, 0.5) is 0 Å². The van der Waals surface area contributed by atoms with Gasteiger partial charge >= 0.3 is 0 Å². The maximum atomic E-state index is 5.30. The van der Waals surface area contributed by atoms with E-state index in [2.05, 4.69) is 40.4 Å². The minimum Gasteiger partial charge on any atom is -0.497 e. The third-order valence-corrected chi connectivity index (χ3v) is 4.40. The average molecular weight is 285 g/mol. The molecule has 1 aliphatic rings. The van der Waals surface area contributed by atoms with Crippen LogP contribution in [0.3, 0.4) is 0 Å². The summed E-state index contributed by atoms with van der Waals surface area (Å²) in [5.41, 5.74) is 1.39. The maximum absolute atomic E-state index is 5.30. The van der Waals surface area contributed by atoms with E-state index >= 15 is 0 Å². The number of methoxy groups -OCH3 is 1. The molecule has 1 unspecified atom stereocenters. The molecular weight excluding hydrogens is 262 g/mol. The van der Waals surface area contributed by atoms with Crippen LogP contribution in [0, 0.1) is 0 Å². The molecule has 1 saturated carbocycles. The third-order valence-electron chi connectivity index (χ3n) is 4.40. The Morgan fingerprint density at radius 3 is 2.95 bits per heavy atom. The predicted octanol–water partition coefficient (Wildman–Crippen LogP) is 3.41. The Morgan fingerprint density at radius 1 is 1.43 bits per heavy atom. The van der Waals surface area contributed by atoms with Gasteiger partial charge in [0.25, 0.3) is 0 Å². The van der Waals surface area contributed by atoms with Crippen molar-refractivity contribution < 1.29 is 4.74 Å². The molecule has 1 atom stereocenters. The zero-order valence-corrected chi connectivity index (χ0v) is 12.7. The van der Waals surface area contributed by atoms with E-state index in [1.54, 1.807) is 7.11 Å². The Bertz CT molecular complexity index is 561. The highest BCUT2D eigenvalue weighted by Crippen LogP contribution is 2.39. The molecule has 0 radical (unpaired) electrons. The summed E-state index contributed by atoms with van der Waals surface area (Å²) >= 11 is 0. The molecule has 1 aromatic carbocycles. The summed E-state index contributed by atoms with van der Waals surface area (Å²) in [7, 11) is 1.72. The van der Waals surface area contributed by atoms with Crippen LogP contribution in [-0.4, -0.2) is 23.1 Å². The van der Waals surface area contributed by atoms with E-state index in [9.17, 15) is 0 Å². The van der Waals surface area contributed by atoms with E-state index < -0.39 is 0 Å². The van der Waals surface area contributed by atoms with Gasteiger partial charge in [-0.3, -0.25) is 0 Å². The number of aromatic nitrogens is 2. The molecule has 112 valence electrons. The minimum absolute atomic E-state index is 0.330. The fraction of sp³-hybridized carbons (Fsp3) is 0.471. The van der Waals surface area contributed by atoms with Gasteiger partial charge in [-0.2, -0.15) is 0 Å². The molecule has 1 aromatic heterocycles. The van der Waals surface area contributed by atoms with Crippen LogP contribution in [0.25, 0.3) is 0 Å². The first-order valence-electron chi connectivity index (χ1n) is 7.69. The summed E-state index contributed by atoms with van der Waals surface area (Å²) in [5.74, 6) is 2.64. The lowest BCUT2D eigenvalue weighted by molar-refractivity contribution is 0.259. The average Bonchev–Trinajstić information content (AvgIpc) is 3.00. The van der Waals surface area contributed by atoms with Crippen molar-refractivity contribution in [3.63, 3.8) is 0 Å². The summed E-state index contributed by atoms with van der Waals surface area (Å²) in [6.07, 6.45) is 7.13. The minimum atomic E-state index is 0.330. The Labute approximate surface area is 125 Å². The van der Waals surface area contributed by atoms with Crippen molar-refractivity contribution in [2.45, 2.75) is 44.2 Å². The van der Waals surface area contributed by atoms with Gasteiger partial charge < -0.3 is 15.0 Å². The normalized spacial score (nSPS) is 22.6. The molecule has 0 saturated heterocycles. The van der Waals surface area contributed by atoms with Crippen molar-refractivity contribution in [1.82, 2.24) is 15.3 Å². The Morgan fingerprint density at radius 2 is 2.29 bits per heavy atom. The van der Waals surface area contributed by atoms with Crippen LogP contribution < -0.4 is 10.1 Å². The molecule has 1 heterocycles. The topological polar surface area (TPSA) is 49.9 Å². The van der Waals surface area contributed by atoms with Crippen LogP contribution in [0.15, 0.2) is 36.7 Å². The lowest BCUT2D eigenvalue weighted by Crippen LogP contribution is -2.42. The van der Waals surface area contributed by atoms with Gasteiger partial charge in [-0.05, 0) is 42.9 Å². The lowest BCUT2D eigenvalue weighted by Gasteiger charge is -2.38. The number of hydrogen-bond donors (Lipinski definition) is 2. The Balaban J connectivity index is 1.55. The highest BCUT2D eigenvalue weighted by atomic mass is 16.5. The number of hydrogen-bond acceptors (Lipinski definition) is 3. The van der Waals surface area contributed by atoms with Crippen molar-refractivity contribution in [3.8, 4) is 5.75 Å². The van der Waals surface area contributed by atoms with E-state index in [1.807, 2.05) is 18.5 Å². The number of nitrogens with zero attached hydrogens (tertiary/aromatic N) is 1. The number of H-pyrrole nitrogens is 1. The van der Waals surface area contributed by atoms with Gasteiger partial charge in [-0.15, -0.1) is 0 Å². The van der Waals surface area contributed by atoms with Crippen molar-refractivity contribution in [1.29, 1.82) is 0 Å². The fourth-order valence-corrected chi connectivity index (χ4v) is 3.06. The van der Waals surface area contributed by atoms with Gasteiger partial charge in [-0.25, -0.2) is 4.98 Å². The summed E-state index contributed by atoms with van der Waals surface area (Å²) in [6, 6.07) is 9.35. The molecule has 4 nitrogen and oxygen atoms in total. The standard InChI is InChI=1S/C17H23N3O/c1-3-16(17-18-7-8-19-17)20-14-9-13(10-14)12-5-4-6-15(11-12)21-2/h4-8,11,13-14,16,20H,3,9-10H2,1-2H3,(H,18,19). The third kappa shape index (κ3) is 3.10. The van der Waals surface area contributed by atoms with Gasteiger partial charge in [-0.1, -0.05) is 19.1 Å². The van der Waals surface area contributed by atoms with E-state index in [0.717, 1.165) is 18.0 Å². The number of ether oxygens (including phenoxy) is 1. The second-order valence-electron chi connectivity index (χ2n) is 5.74. The first kappa shape index (κ1) is 14.1. The van der Waals surface area contributed by atoms with Crippen LogP contribution in [0.1, 0.15) is 49.5 Å². The summed E-state index contributed by atoms with van der Waals surface area (Å²) in [4.78, 5) is 7.57. The summed E-state index contributed by atoms with van der Waals surface area (Å²) < 4.78 is 5.30. The molecule has 2 N–H and O–H groups in total. The molecule has 2 aromatic rings. The van der Waals surface area contributed by atoms with Crippen molar-refractivity contribution >= 4 is 0 Å². The van der Waals surface area contributed by atoms with E-state index in [0.29, 0.717) is 18.0 Å². The summed E-state index contributed by atoms with van der Waals surface area (Å²) in [6.45, 7) is 2.19. The maximum Gasteiger partial charge on any atom is 0.123 e. The SMILES string of the molecule is CCC(NC1CC(c2cccc(OC)c2)C1)c1ncc[nH]1. The number of imidazole rings is 1. The van der Waals surface area contributed by atoms with Crippen molar-refractivity contribution in [3.05, 3.63) is 48.0 Å². The van der Waals surface area contributed by atoms with Crippen LogP contribution in [0.2, 0.25) is 0 Å². The Kier molecular flexibility index (Phi) is 4.25. The molecule has 1 aliphatic carbocycles. The van der Waals surface area contributed by atoms with E-state index in [1.165, 1.54) is 18.4 Å². The smallest absolute Gasteiger partial charge is 0.123 e. The second kappa shape index (κ2) is 6.31. The quantitative estimate of drug-likeness (QED) is 0.855. The number of aromatic amines is 1. The van der Waals surface area contributed by atoms with Crippen LogP contribution in [0.5, 0.6) is 5.75 Å². The van der Waals surface area contributed by atoms with Gasteiger partial charge in [0.2, 0.25) is 0 Å². The highest BCUT2D eigenvalue weighted by molar-refractivity contribution is 5.32. The first-order valence-corrected chi connectivity index (χ1v) is 7.69. The molecule has 4 heteroatoms. The molecule has 1 fully saturated rings. The highest BCUT2D eigenvalue weighted by Gasteiger charge is 2.32. The largest absolute Gasteiger partial charge is 0.497 e. The van der Waals surface area contributed by atoms with Crippen molar-refractivity contribution in [2.24, 2.45) is 0 Å². The van der Waals surface area contributed by atoms with Gasteiger partial charge in [0.1, 0.15) is 11.6 Å². The van der Waals surface area contributed by atoms with Gasteiger partial charge in [0, 0.05) is 18.4 Å². The lowest BCUT2D eigenvalue weighted by atomic mass is 9.75. The molecule has 21 heavy (non-hydrogen) atoms.